The summed E-state index contributed by atoms with van der Waals surface area (Å²) in [5, 5.41) is 7.57. The molecule has 0 bridgehead atoms. The molecule has 0 fully saturated rings. The van der Waals surface area contributed by atoms with Crippen LogP contribution in [0.3, 0.4) is 0 Å². The number of aromatic nitrogens is 2. The van der Waals surface area contributed by atoms with Gasteiger partial charge in [0.15, 0.2) is 0 Å². The van der Waals surface area contributed by atoms with Gasteiger partial charge >= 0.3 is 0 Å². The van der Waals surface area contributed by atoms with Crippen LogP contribution in [0, 0.1) is 0 Å². The lowest BCUT2D eigenvalue weighted by Crippen LogP contribution is -2.05. The third-order valence-electron chi connectivity index (χ3n) is 2.76. The van der Waals surface area contributed by atoms with Gasteiger partial charge in [-0.25, -0.2) is 0 Å². The van der Waals surface area contributed by atoms with E-state index in [0.717, 1.165) is 5.69 Å². The van der Waals surface area contributed by atoms with Crippen LogP contribution in [0.4, 0.5) is 14.5 Å². The molecule has 1 aromatic carbocycles. The van der Waals surface area contributed by atoms with E-state index in [9.17, 15) is 8.78 Å². The molecule has 0 saturated heterocycles. The summed E-state index contributed by atoms with van der Waals surface area (Å²) in [7, 11) is 0. The van der Waals surface area contributed by atoms with Crippen molar-refractivity contribution in [3.05, 3.63) is 42.2 Å². The fourth-order valence-electron chi connectivity index (χ4n) is 1.76. The van der Waals surface area contributed by atoms with Crippen molar-refractivity contribution < 1.29 is 8.78 Å². The molecule has 0 spiro atoms. The summed E-state index contributed by atoms with van der Waals surface area (Å²) in [6.45, 7) is 4.62. The monoisotopic (exact) mass is 297 g/mol. The highest BCUT2D eigenvalue weighted by Crippen LogP contribution is 2.31. The molecule has 0 aliphatic carbocycles. The number of hydrogen-bond donors (Lipinski definition) is 1. The molecule has 0 aliphatic heterocycles. The number of nitrogens with zero attached hydrogens (tertiary/aromatic N) is 2. The average Bonchev–Trinajstić information content (AvgIpc) is 2.86. The van der Waals surface area contributed by atoms with Crippen molar-refractivity contribution in [3.8, 4) is 0 Å². The topological polar surface area (TPSA) is 29.9 Å². The maximum Gasteiger partial charge on any atom is 0.288 e. The lowest BCUT2D eigenvalue weighted by atomic mass is 10.3. The first-order valence-corrected chi connectivity index (χ1v) is 7.26. The Morgan fingerprint density at radius 3 is 2.65 bits per heavy atom. The highest BCUT2D eigenvalue weighted by atomic mass is 32.2. The Kier molecular flexibility index (Phi) is 5.00. The number of benzene rings is 1. The smallest absolute Gasteiger partial charge is 0.288 e. The van der Waals surface area contributed by atoms with Crippen molar-refractivity contribution >= 4 is 17.4 Å². The minimum Gasteiger partial charge on any atom is -0.378 e. The molecule has 3 nitrogen and oxygen atoms in total. The van der Waals surface area contributed by atoms with E-state index in [0.29, 0.717) is 34.9 Å². The summed E-state index contributed by atoms with van der Waals surface area (Å²) >= 11 is 0.549. The minimum absolute atomic E-state index is 0.311. The van der Waals surface area contributed by atoms with Crippen LogP contribution in [0.25, 0.3) is 0 Å². The van der Waals surface area contributed by atoms with Crippen LogP contribution in [0.2, 0.25) is 0 Å². The zero-order valence-electron chi connectivity index (χ0n) is 11.4. The van der Waals surface area contributed by atoms with E-state index in [1.165, 1.54) is 0 Å². The van der Waals surface area contributed by atoms with E-state index in [1.54, 1.807) is 18.2 Å². The van der Waals surface area contributed by atoms with Crippen molar-refractivity contribution in [2.45, 2.75) is 37.1 Å². The molecule has 0 unspecified atom stereocenters. The van der Waals surface area contributed by atoms with Gasteiger partial charge in [0.1, 0.15) is 0 Å². The molecule has 2 aromatic rings. The summed E-state index contributed by atoms with van der Waals surface area (Å²) < 4.78 is 26.8. The predicted octanol–water partition coefficient (Wildman–Crippen LogP) is 4.39. The molecule has 0 atom stereocenters. The van der Waals surface area contributed by atoms with Crippen molar-refractivity contribution in [2.75, 3.05) is 5.32 Å². The molecule has 108 valence electrons. The Balaban J connectivity index is 2.02. The first kappa shape index (κ1) is 14.8. The van der Waals surface area contributed by atoms with Gasteiger partial charge in [-0.15, -0.1) is 0 Å². The molecule has 0 amide bonds. The van der Waals surface area contributed by atoms with Crippen LogP contribution in [-0.2, 0) is 6.54 Å². The summed E-state index contributed by atoms with van der Waals surface area (Å²) in [6.07, 6.45) is 1.92. The normalized spacial score (nSPS) is 11.3. The number of hydrogen-bond acceptors (Lipinski definition) is 3. The number of rotatable bonds is 6. The van der Waals surface area contributed by atoms with Gasteiger partial charge in [0.2, 0.25) is 0 Å². The van der Waals surface area contributed by atoms with Gasteiger partial charge in [-0.05, 0) is 32.0 Å². The lowest BCUT2D eigenvalue weighted by molar-refractivity contribution is 0.252. The van der Waals surface area contributed by atoms with Gasteiger partial charge in [-0.1, -0.05) is 23.9 Å². The summed E-state index contributed by atoms with van der Waals surface area (Å²) in [4.78, 5) is 0.547. The predicted molar refractivity (Wildman–Crippen MR) is 78.2 cm³/mol. The lowest BCUT2D eigenvalue weighted by Gasteiger charge is -2.10. The van der Waals surface area contributed by atoms with E-state index >= 15 is 0 Å². The molecule has 0 aliphatic rings. The molecule has 1 N–H and O–H groups in total. The fraction of sp³-hybridized carbons (Fsp3) is 0.357. The molecule has 1 heterocycles. The van der Waals surface area contributed by atoms with Gasteiger partial charge in [0.05, 0.1) is 12.2 Å². The first-order chi connectivity index (χ1) is 9.56. The zero-order chi connectivity index (χ0) is 14.5. The SMILES string of the molecule is CC(C)n1ccc(CNc2ccccc2SC(F)F)n1. The van der Waals surface area contributed by atoms with Crippen LogP contribution in [0.15, 0.2) is 41.4 Å². The molecule has 0 radical (unpaired) electrons. The van der Waals surface area contributed by atoms with Gasteiger partial charge in [-0.2, -0.15) is 13.9 Å². The molecule has 20 heavy (non-hydrogen) atoms. The minimum atomic E-state index is -2.42. The van der Waals surface area contributed by atoms with E-state index in [1.807, 2.05) is 23.0 Å². The number of anilines is 1. The first-order valence-electron chi connectivity index (χ1n) is 6.38. The standard InChI is InChI=1S/C14H17F2N3S/c1-10(2)19-8-7-11(18-19)9-17-12-5-3-4-6-13(12)20-14(15)16/h3-8,10,14,17H,9H2,1-2H3. The van der Waals surface area contributed by atoms with Gasteiger partial charge in [0.25, 0.3) is 5.76 Å². The Bertz CT molecular complexity index is 555. The van der Waals surface area contributed by atoms with Crippen LogP contribution in [-0.4, -0.2) is 15.5 Å². The van der Waals surface area contributed by atoms with Gasteiger partial charge in [-0.3, -0.25) is 4.68 Å². The van der Waals surface area contributed by atoms with Gasteiger partial charge in [0, 0.05) is 22.8 Å². The molecular weight excluding hydrogens is 280 g/mol. The number of halogens is 2. The third kappa shape index (κ3) is 3.96. The van der Waals surface area contributed by atoms with Crippen LogP contribution < -0.4 is 5.32 Å². The quantitative estimate of drug-likeness (QED) is 0.802. The fourth-order valence-corrected chi connectivity index (χ4v) is 2.37. The van der Waals surface area contributed by atoms with E-state index in [2.05, 4.69) is 24.3 Å². The summed E-state index contributed by atoms with van der Waals surface area (Å²) in [5.41, 5.74) is 1.59. The maximum absolute atomic E-state index is 12.5. The molecular formula is C14H17F2N3S. The summed E-state index contributed by atoms with van der Waals surface area (Å²) in [5.74, 6) is -2.42. The second kappa shape index (κ2) is 6.74. The number of nitrogens with one attached hydrogen (secondary N) is 1. The second-order valence-corrected chi connectivity index (χ2v) is 5.64. The maximum atomic E-state index is 12.5. The zero-order valence-corrected chi connectivity index (χ0v) is 12.2. The van der Waals surface area contributed by atoms with Gasteiger partial charge < -0.3 is 5.32 Å². The Morgan fingerprint density at radius 1 is 1.25 bits per heavy atom. The van der Waals surface area contributed by atoms with Crippen molar-refractivity contribution in [3.63, 3.8) is 0 Å². The van der Waals surface area contributed by atoms with E-state index in [-0.39, 0.29) is 0 Å². The highest BCUT2D eigenvalue weighted by molar-refractivity contribution is 7.99. The second-order valence-electron chi connectivity index (χ2n) is 4.61. The van der Waals surface area contributed by atoms with Crippen molar-refractivity contribution in [1.82, 2.24) is 9.78 Å². The van der Waals surface area contributed by atoms with E-state index < -0.39 is 5.76 Å². The number of para-hydroxylation sites is 1. The van der Waals surface area contributed by atoms with Crippen molar-refractivity contribution in [1.29, 1.82) is 0 Å². The largest absolute Gasteiger partial charge is 0.378 e. The van der Waals surface area contributed by atoms with Crippen molar-refractivity contribution in [2.24, 2.45) is 0 Å². The van der Waals surface area contributed by atoms with Crippen LogP contribution in [0.5, 0.6) is 0 Å². The third-order valence-corrected chi connectivity index (χ3v) is 3.54. The Hall–Kier alpha value is -1.56. The number of thioether (sulfide) groups is 1. The Labute approximate surface area is 121 Å². The molecule has 6 heteroatoms. The summed E-state index contributed by atoms with van der Waals surface area (Å²) in [6, 6.07) is 9.30. The molecule has 2 rings (SSSR count). The average molecular weight is 297 g/mol. The van der Waals surface area contributed by atoms with E-state index in [4.69, 9.17) is 0 Å². The highest BCUT2D eigenvalue weighted by Gasteiger charge is 2.09. The van der Waals surface area contributed by atoms with Crippen LogP contribution in [0.1, 0.15) is 25.6 Å². The Morgan fingerprint density at radius 2 is 2.00 bits per heavy atom. The molecule has 1 aromatic heterocycles. The number of alkyl halides is 2. The van der Waals surface area contributed by atoms with Crippen LogP contribution >= 0.6 is 11.8 Å². The molecule has 0 saturated carbocycles.